The van der Waals surface area contributed by atoms with Gasteiger partial charge in [0.1, 0.15) is 12.6 Å². The first-order chi connectivity index (χ1) is 13.2. The Morgan fingerprint density at radius 2 is 1.70 bits per heavy atom. The molecule has 1 aliphatic carbocycles. The predicted molar refractivity (Wildman–Crippen MR) is 100 cm³/mol. The molecule has 2 aliphatic rings. The molecule has 1 aliphatic heterocycles. The maximum Gasteiger partial charge on any atom is 0.407 e. The molecule has 4 rings (SSSR count). The molecule has 140 valence electrons. The van der Waals surface area contributed by atoms with E-state index < -0.39 is 6.09 Å². The lowest BCUT2D eigenvalue weighted by atomic mass is 9.98. The molecule has 27 heavy (non-hydrogen) atoms. The quantitative estimate of drug-likeness (QED) is 0.813. The monoisotopic (exact) mass is 366 g/mol. The van der Waals surface area contributed by atoms with Crippen LogP contribution in [0, 0.1) is 0 Å². The number of rotatable bonds is 4. The van der Waals surface area contributed by atoms with Gasteiger partial charge in [0, 0.05) is 18.5 Å². The molecule has 0 unspecified atom stereocenters. The third kappa shape index (κ3) is 3.40. The third-order valence-corrected chi connectivity index (χ3v) is 5.28. The van der Waals surface area contributed by atoms with Gasteiger partial charge in [-0.25, -0.2) is 4.79 Å². The van der Waals surface area contributed by atoms with Crippen molar-refractivity contribution in [1.29, 1.82) is 0 Å². The van der Waals surface area contributed by atoms with Gasteiger partial charge in [-0.05, 0) is 28.7 Å². The Labute approximate surface area is 157 Å². The van der Waals surface area contributed by atoms with Crippen LogP contribution in [0.1, 0.15) is 23.5 Å². The van der Waals surface area contributed by atoms with Gasteiger partial charge in [-0.2, -0.15) is 0 Å². The molecule has 6 heteroatoms. The zero-order chi connectivity index (χ0) is 18.8. The minimum atomic E-state index is -0.464. The normalized spacial score (nSPS) is 20.6. The molecule has 2 aromatic rings. The van der Waals surface area contributed by atoms with Gasteiger partial charge in [-0.1, -0.05) is 48.5 Å². The van der Waals surface area contributed by atoms with Gasteiger partial charge in [-0.3, -0.25) is 4.79 Å². The second-order valence-corrected chi connectivity index (χ2v) is 6.89. The van der Waals surface area contributed by atoms with Crippen molar-refractivity contribution in [2.24, 2.45) is 0 Å². The molecule has 0 radical (unpaired) electrons. The van der Waals surface area contributed by atoms with Crippen molar-refractivity contribution in [3.8, 4) is 11.1 Å². The van der Waals surface area contributed by atoms with Crippen LogP contribution in [-0.4, -0.2) is 44.4 Å². The van der Waals surface area contributed by atoms with E-state index in [2.05, 4.69) is 34.9 Å². The molecule has 2 aromatic carbocycles. The highest BCUT2D eigenvalue weighted by molar-refractivity contribution is 5.79. The maximum atomic E-state index is 12.2. The molecule has 2 N–H and O–H groups in total. The smallest absolute Gasteiger partial charge is 0.407 e. The number of benzene rings is 2. The lowest BCUT2D eigenvalue weighted by Gasteiger charge is -2.16. The number of hydrogen-bond donors (Lipinski definition) is 2. The van der Waals surface area contributed by atoms with Crippen molar-refractivity contribution in [1.82, 2.24) is 10.6 Å². The molecule has 1 heterocycles. The van der Waals surface area contributed by atoms with Crippen LogP contribution in [0.5, 0.6) is 0 Å². The SMILES string of the molecule is COC(=O)[C@@H]1C[C@H](NC(=O)OCC2c3ccccc3-c3ccccc32)CN1. The Balaban J connectivity index is 1.38. The van der Waals surface area contributed by atoms with Crippen LogP contribution in [0.3, 0.4) is 0 Å². The van der Waals surface area contributed by atoms with E-state index in [-0.39, 0.29) is 30.6 Å². The zero-order valence-corrected chi connectivity index (χ0v) is 15.1. The molecule has 2 atom stereocenters. The summed E-state index contributed by atoms with van der Waals surface area (Å²) >= 11 is 0. The molecule has 0 saturated carbocycles. The van der Waals surface area contributed by atoms with Crippen LogP contribution in [0.25, 0.3) is 11.1 Å². The Kier molecular flexibility index (Phi) is 4.81. The molecular formula is C21H22N2O4. The van der Waals surface area contributed by atoms with Crippen molar-refractivity contribution < 1.29 is 19.1 Å². The van der Waals surface area contributed by atoms with Crippen LogP contribution in [-0.2, 0) is 14.3 Å². The van der Waals surface area contributed by atoms with Crippen molar-refractivity contribution in [3.05, 3.63) is 59.7 Å². The van der Waals surface area contributed by atoms with Crippen molar-refractivity contribution >= 4 is 12.1 Å². The van der Waals surface area contributed by atoms with E-state index in [1.54, 1.807) is 0 Å². The summed E-state index contributed by atoms with van der Waals surface area (Å²) in [5.41, 5.74) is 4.76. The minimum absolute atomic E-state index is 0.0349. The number of methoxy groups -OCH3 is 1. The topological polar surface area (TPSA) is 76.7 Å². The molecule has 1 saturated heterocycles. The largest absolute Gasteiger partial charge is 0.468 e. The number of alkyl carbamates (subject to hydrolysis) is 1. The highest BCUT2D eigenvalue weighted by Gasteiger charge is 2.32. The highest BCUT2D eigenvalue weighted by atomic mass is 16.5. The fourth-order valence-electron chi connectivity index (χ4n) is 3.97. The van der Waals surface area contributed by atoms with E-state index in [9.17, 15) is 9.59 Å². The van der Waals surface area contributed by atoms with E-state index in [1.165, 1.54) is 29.4 Å². The number of ether oxygens (including phenoxy) is 2. The number of nitrogens with one attached hydrogen (secondary N) is 2. The average molecular weight is 366 g/mol. The number of esters is 1. The summed E-state index contributed by atoms with van der Waals surface area (Å²) in [6.07, 6.45) is 0.0332. The van der Waals surface area contributed by atoms with Gasteiger partial charge >= 0.3 is 12.1 Å². The van der Waals surface area contributed by atoms with Gasteiger partial charge in [0.25, 0.3) is 0 Å². The molecule has 0 bridgehead atoms. The molecular weight excluding hydrogens is 344 g/mol. The standard InChI is InChI=1S/C21H22N2O4/c1-26-20(24)19-10-13(11-22-19)23-21(25)27-12-18-16-8-4-2-6-14(16)15-7-3-5-9-17(15)18/h2-9,13,18-19,22H,10-12H2,1H3,(H,23,25)/t13-,19-/m0/s1. The Morgan fingerprint density at radius 1 is 1.07 bits per heavy atom. The van der Waals surface area contributed by atoms with Gasteiger partial charge in [0.2, 0.25) is 0 Å². The van der Waals surface area contributed by atoms with E-state index >= 15 is 0 Å². The summed E-state index contributed by atoms with van der Waals surface area (Å²) < 4.78 is 10.3. The fraction of sp³-hybridized carbons (Fsp3) is 0.333. The second kappa shape index (κ2) is 7.40. The summed E-state index contributed by atoms with van der Waals surface area (Å²) in [5.74, 6) is -0.278. The highest BCUT2D eigenvalue weighted by Crippen LogP contribution is 2.44. The number of fused-ring (bicyclic) bond motifs is 3. The van der Waals surface area contributed by atoms with Gasteiger partial charge in [0.15, 0.2) is 0 Å². The first kappa shape index (κ1) is 17.5. The Hall–Kier alpha value is -2.86. The lowest BCUT2D eigenvalue weighted by Crippen LogP contribution is -2.37. The molecule has 0 spiro atoms. The molecule has 1 amide bonds. The Bertz CT molecular complexity index is 821. The molecule has 1 fully saturated rings. The number of amides is 1. The summed E-state index contributed by atoms with van der Waals surface area (Å²) in [5, 5.41) is 5.87. The molecule has 6 nitrogen and oxygen atoms in total. The van der Waals surface area contributed by atoms with Crippen molar-refractivity contribution in [2.45, 2.75) is 24.4 Å². The summed E-state index contributed by atoms with van der Waals surface area (Å²) in [6.45, 7) is 0.796. The minimum Gasteiger partial charge on any atom is -0.468 e. The molecule has 0 aromatic heterocycles. The van der Waals surface area contributed by atoms with E-state index in [0.717, 1.165) is 0 Å². The maximum absolute atomic E-state index is 12.2. The fourth-order valence-corrected chi connectivity index (χ4v) is 3.97. The third-order valence-electron chi connectivity index (χ3n) is 5.28. The van der Waals surface area contributed by atoms with E-state index in [0.29, 0.717) is 13.0 Å². The van der Waals surface area contributed by atoms with Crippen LogP contribution >= 0.6 is 0 Å². The van der Waals surface area contributed by atoms with Crippen LogP contribution in [0.4, 0.5) is 4.79 Å². The zero-order valence-electron chi connectivity index (χ0n) is 15.1. The predicted octanol–water partition coefficient (Wildman–Crippen LogP) is 2.43. The summed E-state index contributed by atoms with van der Waals surface area (Å²) in [6, 6.07) is 15.9. The number of carbonyl (C=O) groups is 2. The van der Waals surface area contributed by atoms with Gasteiger partial charge in [0.05, 0.1) is 7.11 Å². The number of hydrogen-bond acceptors (Lipinski definition) is 5. The van der Waals surface area contributed by atoms with Crippen LogP contribution < -0.4 is 10.6 Å². The summed E-state index contributed by atoms with van der Waals surface area (Å²) in [7, 11) is 1.36. The first-order valence-electron chi connectivity index (χ1n) is 9.10. The summed E-state index contributed by atoms with van der Waals surface area (Å²) in [4.78, 5) is 23.8. The average Bonchev–Trinajstić information content (AvgIpc) is 3.28. The van der Waals surface area contributed by atoms with Gasteiger partial charge < -0.3 is 20.1 Å². The van der Waals surface area contributed by atoms with Crippen LogP contribution in [0.15, 0.2) is 48.5 Å². The van der Waals surface area contributed by atoms with Crippen molar-refractivity contribution in [3.63, 3.8) is 0 Å². The van der Waals surface area contributed by atoms with E-state index in [4.69, 9.17) is 9.47 Å². The van der Waals surface area contributed by atoms with Crippen LogP contribution in [0.2, 0.25) is 0 Å². The van der Waals surface area contributed by atoms with Crippen molar-refractivity contribution in [2.75, 3.05) is 20.3 Å². The number of carbonyl (C=O) groups excluding carboxylic acids is 2. The second-order valence-electron chi connectivity index (χ2n) is 6.89. The Morgan fingerprint density at radius 3 is 2.33 bits per heavy atom. The van der Waals surface area contributed by atoms with E-state index in [1.807, 2.05) is 24.3 Å². The van der Waals surface area contributed by atoms with Gasteiger partial charge in [-0.15, -0.1) is 0 Å². The first-order valence-corrected chi connectivity index (χ1v) is 9.10. The lowest BCUT2D eigenvalue weighted by molar-refractivity contribution is -0.142.